The predicted molar refractivity (Wildman–Crippen MR) is 143 cm³/mol. The summed E-state index contributed by atoms with van der Waals surface area (Å²) < 4.78 is 6.04. The van der Waals surface area contributed by atoms with Crippen LogP contribution in [0.15, 0.2) is 72.8 Å². The van der Waals surface area contributed by atoms with E-state index >= 15 is 0 Å². The summed E-state index contributed by atoms with van der Waals surface area (Å²) in [5, 5.41) is 0. The molecule has 0 aromatic heterocycles. The van der Waals surface area contributed by atoms with Gasteiger partial charge in [-0.25, -0.2) is 0 Å². The van der Waals surface area contributed by atoms with Crippen molar-refractivity contribution in [2.75, 3.05) is 32.7 Å². The van der Waals surface area contributed by atoms with E-state index in [1.165, 1.54) is 29.5 Å². The van der Waals surface area contributed by atoms with Crippen molar-refractivity contribution >= 4 is 5.97 Å². The first-order valence-corrected chi connectivity index (χ1v) is 14.0. The Labute approximate surface area is 216 Å². The van der Waals surface area contributed by atoms with Crippen molar-refractivity contribution < 1.29 is 9.53 Å². The molecule has 190 valence electrons. The molecule has 0 bridgehead atoms. The zero-order chi connectivity index (χ0) is 24.7. The third kappa shape index (κ3) is 4.43. The second-order valence-corrected chi connectivity index (χ2v) is 12.0. The van der Waals surface area contributed by atoms with Gasteiger partial charge in [0.1, 0.15) is 6.10 Å². The Bertz CT molecular complexity index is 1040. The standard InChI is InChI=1S/C32H40N2O2/c1-23-10-9-15-32(2)21-29-26(20-28(23)32)27(31(35)36-29)22-33-16-18-34(19-17-33)30(24-11-5-3-6-12-24)25-13-7-4-8-14-25/h3-8,11-14,26-30H,1,9-10,15-22H2,2H3/t26-,27+,28+,29-,32-/m1/s1. The number of ether oxygens (including phenoxy) is 1. The molecular weight excluding hydrogens is 444 g/mol. The van der Waals surface area contributed by atoms with Gasteiger partial charge in [-0.2, -0.15) is 0 Å². The highest BCUT2D eigenvalue weighted by Crippen LogP contribution is 2.57. The van der Waals surface area contributed by atoms with Crippen LogP contribution in [0.1, 0.15) is 56.2 Å². The maximum Gasteiger partial charge on any atom is 0.310 e. The van der Waals surface area contributed by atoms with E-state index in [0.29, 0.717) is 11.8 Å². The summed E-state index contributed by atoms with van der Waals surface area (Å²) in [6.07, 6.45) is 5.85. The van der Waals surface area contributed by atoms with Crippen LogP contribution in [0.4, 0.5) is 0 Å². The molecule has 4 nitrogen and oxygen atoms in total. The van der Waals surface area contributed by atoms with Gasteiger partial charge < -0.3 is 4.74 Å². The molecule has 2 aromatic carbocycles. The van der Waals surface area contributed by atoms with Crippen molar-refractivity contribution in [3.05, 3.63) is 83.9 Å². The molecule has 0 unspecified atom stereocenters. The zero-order valence-corrected chi connectivity index (χ0v) is 21.6. The van der Waals surface area contributed by atoms with Crippen molar-refractivity contribution in [1.82, 2.24) is 9.80 Å². The van der Waals surface area contributed by atoms with Crippen LogP contribution in [0.5, 0.6) is 0 Å². The normalized spacial score (nSPS) is 33.3. The van der Waals surface area contributed by atoms with E-state index in [0.717, 1.165) is 52.0 Å². The number of fused-ring (bicyclic) bond motifs is 2. The fourth-order valence-electron chi connectivity index (χ4n) is 7.83. The number of carbonyl (C=O) groups is 1. The van der Waals surface area contributed by atoms with Gasteiger partial charge >= 0.3 is 5.97 Å². The average molecular weight is 485 g/mol. The summed E-state index contributed by atoms with van der Waals surface area (Å²) in [4.78, 5) is 18.2. The van der Waals surface area contributed by atoms with E-state index in [4.69, 9.17) is 4.74 Å². The second kappa shape index (κ2) is 9.79. The van der Waals surface area contributed by atoms with Crippen molar-refractivity contribution in [2.24, 2.45) is 23.2 Å². The van der Waals surface area contributed by atoms with Crippen molar-refractivity contribution in [3.63, 3.8) is 0 Å². The fourth-order valence-corrected chi connectivity index (χ4v) is 7.83. The molecular formula is C32H40N2O2. The van der Waals surface area contributed by atoms with Gasteiger partial charge in [0.05, 0.1) is 12.0 Å². The summed E-state index contributed by atoms with van der Waals surface area (Å²) in [5.74, 6) is 0.968. The van der Waals surface area contributed by atoms with Gasteiger partial charge in [0.2, 0.25) is 0 Å². The van der Waals surface area contributed by atoms with Crippen molar-refractivity contribution in [3.8, 4) is 0 Å². The summed E-state index contributed by atoms with van der Waals surface area (Å²) >= 11 is 0. The first kappa shape index (κ1) is 23.9. The number of carbonyl (C=O) groups excluding carboxylic acids is 1. The molecule has 0 radical (unpaired) electrons. The Balaban J connectivity index is 1.13. The van der Waals surface area contributed by atoms with Gasteiger partial charge in [-0.1, -0.05) is 79.7 Å². The van der Waals surface area contributed by atoms with Crippen LogP contribution < -0.4 is 0 Å². The molecule has 2 heterocycles. The first-order valence-electron chi connectivity index (χ1n) is 14.0. The van der Waals surface area contributed by atoms with Gasteiger partial charge in [-0.3, -0.25) is 14.6 Å². The number of esters is 1. The summed E-state index contributed by atoms with van der Waals surface area (Å²) in [7, 11) is 0. The number of hydrogen-bond donors (Lipinski definition) is 0. The summed E-state index contributed by atoms with van der Waals surface area (Å²) in [5.41, 5.74) is 4.37. The molecule has 0 spiro atoms. The van der Waals surface area contributed by atoms with Gasteiger partial charge in [-0.15, -0.1) is 0 Å². The van der Waals surface area contributed by atoms with Gasteiger partial charge in [0, 0.05) is 38.6 Å². The molecule has 4 aliphatic rings. The number of nitrogens with zero attached hydrogens (tertiary/aromatic N) is 2. The van der Waals surface area contributed by atoms with E-state index in [1.807, 2.05) is 0 Å². The number of hydrogen-bond acceptors (Lipinski definition) is 4. The molecule has 2 aliphatic carbocycles. The minimum absolute atomic E-state index is 0.0138. The van der Waals surface area contributed by atoms with E-state index in [1.54, 1.807) is 0 Å². The number of benzene rings is 2. The Morgan fingerprint density at radius 2 is 1.64 bits per heavy atom. The Kier molecular flexibility index (Phi) is 6.51. The third-order valence-corrected chi connectivity index (χ3v) is 9.78. The number of rotatable bonds is 5. The monoisotopic (exact) mass is 484 g/mol. The van der Waals surface area contributed by atoms with Crippen LogP contribution in [0.2, 0.25) is 0 Å². The van der Waals surface area contributed by atoms with E-state index in [-0.39, 0.29) is 29.4 Å². The van der Waals surface area contributed by atoms with E-state index < -0.39 is 0 Å². The quantitative estimate of drug-likeness (QED) is 0.402. The molecule has 2 aliphatic heterocycles. The Hall–Kier alpha value is -2.43. The number of piperazine rings is 1. The SMILES string of the molecule is C=C1CCC[C@]2(C)C[C@H]3OC(=O)[C@@H](CN4CCN(C(c5ccccc5)c5ccccc5)CC4)[C@H]3C[C@@H]12. The molecule has 4 heteroatoms. The molecule has 4 fully saturated rings. The summed E-state index contributed by atoms with van der Waals surface area (Å²) in [6.45, 7) is 11.7. The lowest BCUT2D eigenvalue weighted by atomic mass is 9.55. The van der Waals surface area contributed by atoms with E-state index in [2.05, 4.69) is 84.0 Å². The predicted octanol–water partition coefficient (Wildman–Crippen LogP) is 5.71. The number of allylic oxidation sites excluding steroid dienone is 1. The maximum atomic E-state index is 13.1. The van der Waals surface area contributed by atoms with Crippen LogP contribution in [-0.2, 0) is 9.53 Å². The van der Waals surface area contributed by atoms with Crippen molar-refractivity contribution in [2.45, 2.75) is 51.2 Å². The van der Waals surface area contributed by atoms with Crippen LogP contribution in [0.3, 0.4) is 0 Å². The lowest BCUT2D eigenvalue weighted by molar-refractivity contribution is -0.146. The minimum Gasteiger partial charge on any atom is -0.462 e. The largest absolute Gasteiger partial charge is 0.462 e. The Morgan fingerprint density at radius 1 is 1.00 bits per heavy atom. The highest BCUT2D eigenvalue weighted by molar-refractivity contribution is 5.75. The maximum absolute atomic E-state index is 13.1. The Morgan fingerprint density at radius 3 is 2.28 bits per heavy atom. The highest BCUT2D eigenvalue weighted by atomic mass is 16.6. The van der Waals surface area contributed by atoms with E-state index in [9.17, 15) is 4.79 Å². The lowest BCUT2D eigenvalue weighted by Crippen LogP contribution is -2.50. The lowest BCUT2D eigenvalue weighted by Gasteiger charge is -2.50. The van der Waals surface area contributed by atoms with Crippen LogP contribution in [0.25, 0.3) is 0 Å². The first-order chi connectivity index (χ1) is 17.5. The van der Waals surface area contributed by atoms with Gasteiger partial charge in [-0.05, 0) is 54.6 Å². The average Bonchev–Trinajstić information content (AvgIpc) is 3.18. The molecule has 0 N–H and O–H groups in total. The van der Waals surface area contributed by atoms with Gasteiger partial charge in [0.15, 0.2) is 0 Å². The molecule has 36 heavy (non-hydrogen) atoms. The zero-order valence-electron chi connectivity index (χ0n) is 21.6. The van der Waals surface area contributed by atoms with Crippen LogP contribution in [0, 0.1) is 23.2 Å². The fraction of sp³-hybridized carbons (Fsp3) is 0.531. The smallest absolute Gasteiger partial charge is 0.310 e. The molecule has 5 atom stereocenters. The highest BCUT2D eigenvalue weighted by Gasteiger charge is 2.55. The topological polar surface area (TPSA) is 32.8 Å². The molecule has 2 saturated heterocycles. The van der Waals surface area contributed by atoms with Crippen molar-refractivity contribution in [1.29, 1.82) is 0 Å². The molecule has 6 rings (SSSR count). The second-order valence-electron chi connectivity index (χ2n) is 12.0. The molecule has 2 aromatic rings. The molecule has 0 amide bonds. The third-order valence-electron chi connectivity index (χ3n) is 9.78. The minimum atomic E-state index is 0.0138. The van der Waals surface area contributed by atoms with Gasteiger partial charge in [0.25, 0.3) is 0 Å². The molecule has 2 saturated carbocycles. The van der Waals surface area contributed by atoms with Crippen LogP contribution in [-0.4, -0.2) is 54.6 Å². The van der Waals surface area contributed by atoms with Crippen LogP contribution >= 0.6 is 0 Å². The summed E-state index contributed by atoms with van der Waals surface area (Å²) in [6, 6.07) is 22.0.